The molecule has 1 saturated carbocycles. The molecule has 0 spiro atoms. The lowest BCUT2D eigenvalue weighted by atomic mass is 10.0. The Morgan fingerprint density at radius 2 is 1.88 bits per heavy atom. The summed E-state index contributed by atoms with van der Waals surface area (Å²) in [7, 11) is 0. The van der Waals surface area contributed by atoms with Gasteiger partial charge in [0.1, 0.15) is 5.54 Å². The Morgan fingerprint density at radius 3 is 2.31 bits per heavy atom. The molecule has 1 aromatic carbocycles. The predicted molar refractivity (Wildman–Crippen MR) is 64.7 cm³/mol. The monoisotopic (exact) mass is 214 g/mol. The van der Waals surface area contributed by atoms with Gasteiger partial charge >= 0.3 is 0 Å². The minimum atomic E-state index is -0.331. The molecule has 0 radical (unpaired) electrons. The molecule has 2 nitrogen and oxygen atoms in total. The maximum atomic E-state index is 9.28. The van der Waals surface area contributed by atoms with E-state index in [-0.39, 0.29) is 17.0 Å². The SMILES string of the molecule is C[C@@H](N[C@@]1(C#N)CC1(C)C)c1ccccc1. The van der Waals surface area contributed by atoms with Crippen molar-refractivity contribution >= 4 is 0 Å². The molecule has 0 aromatic heterocycles. The largest absolute Gasteiger partial charge is 0.292 e. The van der Waals surface area contributed by atoms with Crippen LogP contribution in [0.1, 0.15) is 38.8 Å². The van der Waals surface area contributed by atoms with Gasteiger partial charge in [-0.25, -0.2) is 0 Å². The summed E-state index contributed by atoms with van der Waals surface area (Å²) >= 11 is 0. The van der Waals surface area contributed by atoms with Gasteiger partial charge in [-0.15, -0.1) is 0 Å². The molecule has 0 bridgehead atoms. The van der Waals surface area contributed by atoms with Gasteiger partial charge in [0.05, 0.1) is 6.07 Å². The Kier molecular flexibility index (Phi) is 2.52. The molecule has 0 unspecified atom stereocenters. The first kappa shape index (κ1) is 11.2. The third-order valence-electron chi connectivity index (χ3n) is 3.69. The highest BCUT2D eigenvalue weighted by molar-refractivity contribution is 5.31. The molecule has 0 amide bonds. The van der Waals surface area contributed by atoms with E-state index in [4.69, 9.17) is 0 Å². The minimum Gasteiger partial charge on any atom is -0.292 e. The Bertz CT molecular complexity index is 416. The minimum absolute atomic E-state index is 0.102. The van der Waals surface area contributed by atoms with Gasteiger partial charge in [-0.05, 0) is 24.3 Å². The van der Waals surface area contributed by atoms with Crippen molar-refractivity contribution in [3.05, 3.63) is 35.9 Å². The lowest BCUT2D eigenvalue weighted by Gasteiger charge is -2.21. The highest BCUT2D eigenvalue weighted by atomic mass is 15.1. The number of rotatable bonds is 3. The summed E-state index contributed by atoms with van der Waals surface area (Å²) in [6.07, 6.45) is 0.938. The van der Waals surface area contributed by atoms with E-state index in [1.54, 1.807) is 0 Å². The number of benzene rings is 1. The summed E-state index contributed by atoms with van der Waals surface area (Å²) < 4.78 is 0. The van der Waals surface area contributed by atoms with Gasteiger partial charge in [-0.2, -0.15) is 5.26 Å². The summed E-state index contributed by atoms with van der Waals surface area (Å²) in [5, 5.41) is 12.7. The zero-order valence-electron chi connectivity index (χ0n) is 10.1. The number of nitrogens with zero attached hydrogens (tertiary/aromatic N) is 1. The molecular formula is C14H18N2. The standard InChI is InChI=1S/C14H18N2/c1-11(12-7-5-4-6-8-12)16-14(10-15)9-13(14,2)3/h4-8,11,16H,9H2,1-3H3/t11-,14-/m1/s1. The summed E-state index contributed by atoms with van der Waals surface area (Å²) in [6, 6.07) is 12.9. The molecule has 1 fully saturated rings. The van der Waals surface area contributed by atoms with Gasteiger partial charge in [-0.1, -0.05) is 44.2 Å². The van der Waals surface area contributed by atoms with Gasteiger partial charge in [0.15, 0.2) is 0 Å². The fraction of sp³-hybridized carbons (Fsp3) is 0.500. The number of hydrogen-bond acceptors (Lipinski definition) is 2. The van der Waals surface area contributed by atoms with Crippen LogP contribution in [-0.2, 0) is 0 Å². The van der Waals surface area contributed by atoms with Crippen molar-refractivity contribution in [1.82, 2.24) is 5.32 Å². The predicted octanol–water partition coefficient (Wildman–Crippen LogP) is 3.03. The first-order valence-electron chi connectivity index (χ1n) is 5.75. The molecule has 0 saturated heterocycles. The van der Waals surface area contributed by atoms with Crippen molar-refractivity contribution in [3.8, 4) is 6.07 Å². The van der Waals surface area contributed by atoms with E-state index in [0.29, 0.717) is 0 Å². The summed E-state index contributed by atoms with van der Waals surface area (Å²) in [4.78, 5) is 0. The molecule has 16 heavy (non-hydrogen) atoms. The first-order valence-corrected chi connectivity index (χ1v) is 5.75. The Labute approximate surface area is 97.3 Å². The van der Waals surface area contributed by atoms with Crippen LogP contribution in [0.5, 0.6) is 0 Å². The fourth-order valence-electron chi connectivity index (χ4n) is 2.28. The van der Waals surface area contributed by atoms with Crippen LogP contribution in [0.4, 0.5) is 0 Å². The molecule has 84 valence electrons. The average molecular weight is 214 g/mol. The van der Waals surface area contributed by atoms with E-state index in [2.05, 4.69) is 44.3 Å². The molecule has 0 heterocycles. The third kappa shape index (κ3) is 1.72. The summed E-state index contributed by atoms with van der Waals surface area (Å²) in [5.74, 6) is 0. The molecule has 2 atom stereocenters. The highest BCUT2D eigenvalue weighted by Crippen LogP contribution is 2.55. The van der Waals surface area contributed by atoms with Crippen LogP contribution >= 0.6 is 0 Å². The van der Waals surface area contributed by atoms with Crippen LogP contribution in [-0.4, -0.2) is 5.54 Å². The second-order valence-corrected chi connectivity index (χ2v) is 5.35. The Hall–Kier alpha value is -1.33. The van der Waals surface area contributed by atoms with Crippen molar-refractivity contribution in [3.63, 3.8) is 0 Å². The maximum absolute atomic E-state index is 9.28. The molecule has 2 rings (SSSR count). The van der Waals surface area contributed by atoms with E-state index in [9.17, 15) is 5.26 Å². The summed E-state index contributed by atoms with van der Waals surface area (Å²) in [6.45, 7) is 6.39. The molecule has 2 heteroatoms. The molecule has 1 aliphatic rings. The molecule has 1 aliphatic carbocycles. The van der Waals surface area contributed by atoms with Crippen LogP contribution < -0.4 is 5.32 Å². The Morgan fingerprint density at radius 1 is 1.31 bits per heavy atom. The summed E-state index contributed by atoms with van der Waals surface area (Å²) in [5.41, 5.74) is 1.01. The van der Waals surface area contributed by atoms with Crippen LogP contribution in [0.2, 0.25) is 0 Å². The molecule has 1 N–H and O–H groups in total. The molecular weight excluding hydrogens is 196 g/mol. The number of nitrogens with one attached hydrogen (secondary N) is 1. The number of nitriles is 1. The lowest BCUT2D eigenvalue weighted by molar-refractivity contribution is 0.428. The zero-order chi connectivity index (χ0) is 11.8. The van der Waals surface area contributed by atoms with Gasteiger partial charge in [0, 0.05) is 6.04 Å². The van der Waals surface area contributed by atoms with Gasteiger partial charge in [0.25, 0.3) is 0 Å². The average Bonchev–Trinajstić information content (AvgIpc) is 2.82. The van der Waals surface area contributed by atoms with Crippen LogP contribution in [0.15, 0.2) is 30.3 Å². The van der Waals surface area contributed by atoms with E-state index < -0.39 is 0 Å². The van der Waals surface area contributed by atoms with Gasteiger partial charge < -0.3 is 0 Å². The van der Waals surface area contributed by atoms with Gasteiger partial charge in [0.2, 0.25) is 0 Å². The smallest absolute Gasteiger partial charge is 0.113 e. The van der Waals surface area contributed by atoms with Crippen LogP contribution in [0, 0.1) is 16.7 Å². The molecule has 1 aromatic rings. The number of hydrogen-bond donors (Lipinski definition) is 1. The van der Waals surface area contributed by atoms with E-state index >= 15 is 0 Å². The molecule has 0 aliphatic heterocycles. The second kappa shape index (κ2) is 3.61. The van der Waals surface area contributed by atoms with Crippen molar-refractivity contribution in [2.75, 3.05) is 0 Å². The van der Waals surface area contributed by atoms with Crippen molar-refractivity contribution in [2.24, 2.45) is 5.41 Å². The van der Waals surface area contributed by atoms with Crippen molar-refractivity contribution in [2.45, 2.75) is 38.8 Å². The maximum Gasteiger partial charge on any atom is 0.113 e. The third-order valence-corrected chi connectivity index (χ3v) is 3.69. The normalized spacial score (nSPS) is 28.1. The highest BCUT2D eigenvalue weighted by Gasteiger charge is 2.62. The van der Waals surface area contributed by atoms with Crippen molar-refractivity contribution < 1.29 is 0 Å². The fourth-order valence-corrected chi connectivity index (χ4v) is 2.28. The van der Waals surface area contributed by atoms with E-state index in [1.807, 2.05) is 18.2 Å². The van der Waals surface area contributed by atoms with E-state index in [1.165, 1.54) is 5.56 Å². The zero-order valence-corrected chi connectivity index (χ0v) is 10.1. The lowest BCUT2D eigenvalue weighted by Crippen LogP contribution is -2.36. The van der Waals surface area contributed by atoms with Crippen LogP contribution in [0.25, 0.3) is 0 Å². The van der Waals surface area contributed by atoms with Crippen molar-refractivity contribution in [1.29, 1.82) is 5.26 Å². The van der Waals surface area contributed by atoms with Gasteiger partial charge in [-0.3, -0.25) is 5.32 Å². The second-order valence-electron chi connectivity index (χ2n) is 5.35. The van der Waals surface area contributed by atoms with E-state index in [0.717, 1.165) is 6.42 Å². The van der Waals surface area contributed by atoms with Crippen LogP contribution in [0.3, 0.4) is 0 Å². The quantitative estimate of drug-likeness (QED) is 0.839. The first-order chi connectivity index (χ1) is 7.51. The Balaban J connectivity index is 2.10. The topological polar surface area (TPSA) is 35.8 Å².